The zero-order valence-electron chi connectivity index (χ0n) is 11.6. The van der Waals surface area contributed by atoms with Crippen molar-refractivity contribution in [1.29, 1.82) is 0 Å². The minimum Gasteiger partial charge on any atom is -0.297 e. The van der Waals surface area contributed by atoms with Gasteiger partial charge in [0.2, 0.25) is 0 Å². The molecule has 0 bridgehead atoms. The Kier molecular flexibility index (Phi) is 3.99. The lowest BCUT2D eigenvalue weighted by molar-refractivity contribution is 0.557. The molecule has 2 aromatic rings. The molecule has 1 aliphatic carbocycles. The maximum Gasteiger partial charge on any atom is 0.330 e. The van der Waals surface area contributed by atoms with E-state index in [1.807, 2.05) is 12.3 Å². The molecule has 7 heteroatoms. The normalized spacial score (nSPS) is 17.2. The van der Waals surface area contributed by atoms with E-state index in [9.17, 15) is 9.59 Å². The van der Waals surface area contributed by atoms with Crippen molar-refractivity contribution in [3.8, 4) is 0 Å². The van der Waals surface area contributed by atoms with E-state index in [0.717, 1.165) is 30.7 Å². The van der Waals surface area contributed by atoms with Crippen molar-refractivity contribution in [2.24, 2.45) is 0 Å². The molecule has 0 radical (unpaired) electrons. The molecule has 0 spiro atoms. The van der Waals surface area contributed by atoms with Gasteiger partial charge in [-0.1, -0.05) is 24.4 Å². The van der Waals surface area contributed by atoms with Gasteiger partial charge in [-0.05, 0) is 25.7 Å². The quantitative estimate of drug-likeness (QED) is 0.882. The molecule has 21 heavy (non-hydrogen) atoms. The van der Waals surface area contributed by atoms with Gasteiger partial charge in [-0.3, -0.25) is 14.3 Å². The number of hydrogen-bond acceptors (Lipinski definition) is 4. The molecule has 1 aliphatic rings. The summed E-state index contributed by atoms with van der Waals surface area (Å²) in [6.45, 7) is 1.81. The first kappa shape index (κ1) is 14.5. The standard InChI is InChI=1S/C14H16ClN3O2S/c1-8(12-16-6-7-21-12)18-13(19)10(9-4-2-3-5-9)11(15)17-14(18)20/h6-9H,2-5H2,1H3,(H,17,20). The fourth-order valence-corrected chi connectivity index (χ4v) is 4.01. The monoisotopic (exact) mass is 325 g/mol. The summed E-state index contributed by atoms with van der Waals surface area (Å²) in [5, 5.41) is 2.76. The number of thiazole rings is 1. The van der Waals surface area contributed by atoms with Crippen molar-refractivity contribution in [1.82, 2.24) is 14.5 Å². The van der Waals surface area contributed by atoms with Gasteiger partial charge >= 0.3 is 5.69 Å². The van der Waals surface area contributed by atoms with Crippen LogP contribution in [0.15, 0.2) is 21.2 Å². The number of hydrogen-bond donors (Lipinski definition) is 1. The molecule has 2 heterocycles. The van der Waals surface area contributed by atoms with E-state index in [1.165, 1.54) is 15.9 Å². The molecular formula is C14H16ClN3O2S. The fraction of sp³-hybridized carbons (Fsp3) is 0.500. The predicted octanol–water partition coefficient (Wildman–Crippen LogP) is 2.91. The van der Waals surface area contributed by atoms with Gasteiger partial charge in [0, 0.05) is 11.6 Å². The topological polar surface area (TPSA) is 67.8 Å². The second-order valence-corrected chi connectivity index (χ2v) is 6.66. The van der Waals surface area contributed by atoms with Crippen LogP contribution in [-0.2, 0) is 0 Å². The molecule has 2 aromatic heterocycles. The zero-order valence-corrected chi connectivity index (χ0v) is 13.2. The number of nitrogens with zero attached hydrogens (tertiary/aromatic N) is 2. The van der Waals surface area contributed by atoms with Gasteiger partial charge in [0.15, 0.2) is 0 Å². The molecule has 1 fully saturated rings. The average molecular weight is 326 g/mol. The van der Waals surface area contributed by atoms with E-state index >= 15 is 0 Å². The third-order valence-corrected chi connectivity index (χ3v) is 5.32. The van der Waals surface area contributed by atoms with Gasteiger partial charge in [0.25, 0.3) is 5.56 Å². The van der Waals surface area contributed by atoms with Crippen molar-refractivity contribution in [2.45, 2.75) is 44.6 Å². The molecule has 0 aromatic carbocycles. The van der Waals surface area contributed by atoms with Crippen LogP contribution in [0.4, 0.5) is 0 Å². The second-order valence-electron chi connectivity index (χ2n) is 5.36. The summed E-state index contributed by atoms with van der Waals surface area (Å²) < 4.78 is 1.23. The highest BCUT2D eigenvalue weighted by molar-refractivity contribution is 7.09. The third kappa shape index (κ3) is 2.58. The molecule has 112 valence electrons. The number of H-pyrrole nitrogens is 1. The first-order valence-electron chi connectivity index (χ1n) is 7.03. The Hall–Kier alpha value is -1.40. The lowest BCUT2D eigenvalue weighted by atomic mass is 10.0. The van der Waals surface area contributed by atoms with E-state index in [0.29, 0.717) is 5.56 Å². The second kappa shape index (κ2) is 5.77. The van der Waals surface area contributed by atoms with Crippen molar-refractivity contribution in [3.05, 3.63) is 48.1 Å². The van der Waals surface area contributed by atoms with Gasteiger partial charge in [-0.15, -0.1) is 11.3 Å². The summed E-state index contributed by atoms with van der Waals surface area (Å²) in [6.07, 6.45) is 5.77. The van der Waals surface area contributed by atoms with Crippen LogP contribution in [0.25, 0.3) is 0 Å². The van der Waals surface area contributed by atoms with Gasteiger partial charge in [-0.2, -0.15) is 0 Å². The summed E-state index contributed by atoms with van der Waals surface area (Å²) >= 11 is 7.56. The summed E-state index contributed by atoms with van der Waals surface area (Å²) in [6, 6.07) is -0.390. The van der Waals surface area contributed by atoms with Crippen molar-refractivity contribution < 1.29 is 0 Å². The highest BCUT2D eigenvalue weighted by Crippen LogP contribution is 2.34. The highest BCUT2D eigenvalue weighted by Gasteiger charge is 2.27. The smallest absolute Gasteiger partial charge is 0.297 e. The van der Waals surface area contributed by atoms with Gasteiger partial charge in [-0.25, -0.2) is 9.78 Å². The Balaban J connectivity index is 2.15. The van der Waals surface area contributed by atoms with E-state index in [-0.39, 0.29) is 16.6 Å². The van der Waals surface area contributed by atoms with Crippen LogP contribution in [0.3, 0.4) is 0 Å². The summed E-state index contributed by atoms with van der Waals surface area (Å²) in [5.74, 6) is 0.150. The van der Waals surface area contributed by atoms with Gasteiger partial charge in [0.1, 0.15) is 10.2 Å². The molecule has 0 saturated heterocycles. The van der Waals surface area contributed by atoms with Crippen LogP contribution in [0.5, 0.6) is 0 Å². The van der Waals surface area contributed by atoms with E-state index < -0.39 is 11.7 Å². The summed E-state index contributed by atoms with van der Waals surface area (Å²) in [5.41, 5.74) is -0.204. The Morgan fingerprint density at radius 1 is 1.43 bits per heavy atom. The highest BCUT2D eigenvalue weighted by atomic mass is 35.5. The molecule has 5 nitrogen and oxygen atoms in total. The largest absolute Gasteiger partial charge is 0.330 e. The molecule has 0 aliphatic heterocycles. The van der Waals surface area contributed by atoms with Crippen LogP contribution in [0.1, 0.15) is 55.1 Å². The Bertz CT molecular complexity index is 745. The third-order valence-electron chi connectivity index (χ3n) is 4.08. The SMILES string of the molecule is CC(c1nccs1)n1c(=O)[nH]c(Cl)c(C2CCCC2)c1=O. The van der Waals surface area contributed by atoms with Crippen LogP contribution in [0, 0.1) is 0 Å². The minimum atomic E-state index is -0.477. The molecule has 3 rings (SSSR count). The lowest BCUT2D eigenvalue weighted by Gasteiger charge is -2.16. The maximum atomic E-state index is 12.8. The van der Waals surface area contributed by atoms with Crippen molar-refractivity contribution >= 4 is 22.9 Å². The zero-order chi connectivity index (χ0) is 15.0. The molecule has 0 amide bonds. The van der Waals surface area contributed by atoms with Crippen LogP contribution >= 0.6 is 22.9 Å². The van der Waals surface area contributed by atoms with E-state index in [4.69, 9.17) is 11.6 Å². The maximum absolute atomic E-state index is 12.8. The average Bonchev–Trinajstić information content (AvgIpc) is 3.11. The Morgan fingerprint density at radius 2 is 2.14 bits per heavy atom. The van der Waals surface area contributed by atoms with Crippen molar-refractivity contribution in [2.75, 3.05) is 0 Å². The van der Waals surface area contributed by atoms with Crippen LogP contribution in [0.2, 0.25) is 5.15 Å². The van der Waals surface area contributed by atoms with Crippen LogP contribution < -0.4 is 11.2 Å². The van der Waals surface area contributed by atoms with Crippen molar-refractivity contribution in [3.63, 3.8) is 0 Å². The fourth-order valence-electron chi connectivity index (χ4n) is 3.01. The lowest BCUT2D eigenvalue weighted by Crippen LogP contribution is -2.40. The molecule has 1 atom stereocenters. The Morgan fingerprint density at radius 3 is 2.76 bits per heavy atom. The van der Waals surface area contributed by atoms with Gasteiger partial charge in [0.05, 0.1) is 11.6 Å². The number of rotatable bonds is 3. The first-order chi connectivity index (χ1) is 10.1. The number of aromatic nitrogens is 3. The molecular weight excluding hydrogens is 310 g/mol. The van der Waals surface area contributed by atoms with E-state index in [2.05, 4.69) is 9.97 Å². The van der Waals surface area contributed by atoms with Crippen LogP contribution in [-0.4, -0.2) is 14.5 Å². The summed E-state index contributed by atoms with van der Waals surface area (Å²) in [7, 11) is 0. The molecule has 1 N–H and O–H groups in total. The molecule has 1 saturated carbocycles. The Labute approximate surface area is 130 Å². The number of aromatic amines is 1. The number of nitrogens with one attached hydrogen (secondary N) is 1. The minimum absolute atomic E-state index is 0.150. The first-order valence-corrected chi connectivity index (χ1v) is 8.29. The summed E-state index contributed by atoms with van der Waals surface area (Å²) in [4.78, 5) is 31.7. The van der Waals surface area contributed by atoms with E-state index in [1.54, 1.807) is 6.20 Å². The molecule has 1 unspecified atom stereocenters. The predicted molar refractivity (Wildman–Crippen MR) is 83.5 cm³/mol. The van der Waals surface area contributed by atoms with Gasteiger partial charge < -0.3 is 0 Å². The number of halogens is 1.